The fraction of sp³-hybridized carbons (Fsp3) is 0.0769. The highest BCUT2D eigenvalue weighted by Gasteiger charge is 2.25. The summed E-state index contributed by atoms with van der Waals surface area (Å²) in [7, 11) is -3.20. The summed E-state index contributed by atoms with van der Waals surface area (Å²) >= 11 is 0. The monoisotopic (exact) mass is 362 g/mol. The molecule has 0 amide bonds. The average Bonchev–Trinajstić information content (AvgIpc) is 2.53. The van der Waals surface area contributed by atoms with E-state index in [1.165, 1.54) is 0 Å². The number of rotatable bonds is 3. The van der Waals surface area contributed by atoms with Gasteiger partial charge in [-0.25, -0.2) is 17.6 Å². The van der Waals surface area contributed by atoms with Crippen LogP contribution in [-0.2, 0) is 0 Å². The summed E-state index contributed by atoms with van der Waals surface area (Å²) in [5.74, 6) is -5.50. The summed E-state index contributed by atoms with van der Waals surface area (Å²) in [6, 6.07) is 3.03. The van der Waals surface area contributed by atoms with Crippen LogP contribution in [0.15, 0.2) is 24.3 Å². The summed E-state index contributed by atoms with van der Waals surface area (Å²) in [6.45, 7) is 0. The smallest absolute Gasteiger partial charge is 0.495 e. The van der Waals surface area contributed by atoms with Crippen LogP contribution in [0.4, 0.5) is 17.6 Å². The molecule has 0 aliphatic rings. The highest BCUT2D eigenvalue weighted by molar-refractivity contribution is 6.60. The van der Waals surface area contributed by atoms with Crippen LogP contribution in [0.2, 0.25) is 0 Å². The topological polar surface area (TPSA) is 110 Å². The molecule has 0 spiro atoms. The minimum atomic E-state index is -2.22. The molecule has 0 heterocycles. The fourth-order valence-corrected chi connectivity index (χ4v) is 1.80. The minimum absolute atomic E-state index is 0.491. The summed E-state index contributed by atoms with van der Waals surface area (Å²) in [6.07, 6.45) is 0. The maximum Gasteiger partial charge on any atom is 0.495 e. The maximum absolute atomic E-state index is 12.9. The predicted octanol–water partition coefficient (Wildman–Crippen LogP) is -0.997. The normalized spacial score (nSPS) is 9.96. The van der Waals surface area contributed by atoms with Crippen molar-refractivity contribution in [3.8, 4) is 11.5 Å². The van der Waals surface area contributed by atoms with Gasteiger partial charge >= 0.3 is 14.2 Å². The highest BCUT2D eigenvalue weighted by Crippen LogP contribution is 2.15. The van der Waals surface area contributed by atoms with Gasteiger partial charge in [0.2, 0.25) is 0 Å². The van der Waals surface area contributed by atoms with Gasteiger partial charge in [0, 0.05) is 0 Å². The molecule has 6 nitrogen and oxygen atoms in total. The largest absolute Gasteiger partial charge is 0.505 e. The number of benzene rings is 2. The van der Waals surface area contributed by atoms with E-state index in [0.29, 0.717) is 12.1 Å². The van der Waals surface area contributed by atoms with Crippen LogP contribution in [0.25, 0.3) is 0 Å². The molecule has 0 radical (unpaired) electrons. The van der Waals surface area contributed by atoms with E-state index in [4.69, 9.17) is 25.2 Å². The Labute approximate surface area is 139 Å². The Hall–Kier alpha value is -2.27. The summed E-state index contributed by atoms with van der Waals surface area (Å²) < 4.78 is 55.4. The third-order valence-electron chi connectivity index (χ3n) is 2.93. The molecular weight excluding hydrogens is 350 g/mol. The molecule has 0 aromatic heterocycles. The van der Waals surface area contributed by atoms with Gasteiger partial charge in [-0.1, -0.05) is 0 Å². The quantitative estimate of drug-likeness (QED) is 0.354. The van der Waals surface area contributed by atoms with Crippen molar-refractivity contribution in [1.29, 1.82) is 0 Å². The van der Waals surface area contributed by atoms with Crippen LogP contribution in [0.3, 0.4) is 0 Å². The van der Waals surface area contributed by atoms with Crippen molar-refractivity contribution in [2.45, 2.75) is 0 Å². The van der Waals surface area contributed by atoms with E-state index in [0.717, 1.165) is 19.2 Å². The number of ether oxygens (including phenoxy) is 1. The van der Waals surface area contributed by atoms with Crippen molar-refractivity contribution >= 4 is 25.2 Å². The Balaban J connectivity index is 0.000000251. The van der Waals surface area contributed by atoms with Gasteiger partial charge in [-0.2, -0.15) is 0 Å². The number of hydrogen-bond acceptors (Lipinski definition) is 6. The van der Waals surface area contributed by atoms with E-state index in [2.05, 4.69) is 4.74 Å². The molecule has 0 unspecified atom stereocenters. The van der Waals surface area contributed by atoms with Gasteiger partial charge < -0.3 is 29.9 Å². The third kappa shape index (κ3) is 4.86. The van der Waals surface area contributed by atoms with Crippen LogP contribution in [0.5, 0.6) is 11.5 Å². The first-order chi connectivity index (χ1) is 11.6. The van der Waals surface area contributed by atoms with Crippen molar-refractivity contribution in [3.05, 3.63) is 47.5 Å². The van der Waals surface area contributed by atoms with Crippen LogP contribution >= 0.6 is 0 Å². The highest BCUT2D eigenvalue weighted by atomic mass is 19.1. The second-order valence-electron chi connectivity index (χ2n) is 4.51. The third-order valence-corrected chi connectivity index (χ3v) is 2.93. The molecule has 12 heteroatoms. The van der Waals surface area contributed by atoms with Gasteiger partial charge in [-0.3, -0.25) is 0 Å². The van der Waals surface area contributed by atoms with Gasteiger partial charge in [0.15, 0.2) is 23.1 Å². The molecule has 0 aliphatic carbocycles. The van der Waals surface area contributed by atoms with Gasteiger partial charge in [-0.05, 0) is 24.3 Å². The van der Waals surface area contributed by atoms with Crippen LogP contribution in [-0.4, -0.2) is 46.5 Å². The number of halogens is 4. The van der Waals surface area contributed by atoms with Crippen molar-refractivity contribution in [2.24, 2.45) is 0 Å². The Morgan fingerprint density at radius 2 is 1.12 bits per heavy atom. The van der Waals surface area contributed by atoms with Gasteiger partial charge in [-0.15, -0.1) is 0 Å². The molecule has 5 N–H and O–H groups in total. The molecule has 2 rings (SSSR count). The SMILES string of the molecule is COc1c(F)ccc(F)c1B(O)O.OB(O)c1c(F)ccc(F)c1O. The van der Waals surface area contributed by atoms with Crippen molar-refractivity contribution in [3.63, 3.8) is 0 Å². The second-order valence-corrected chi connectivity index (χ2v) is 4.51. The second kappa shape index (κ2) is 8.72. The van der Waals surface area contributed by atoms with Crippen LogP contribution < -0.4 is 15.7 Å². The number of phenols is 1. The van der Waals surface area contributed by atoms with E-state index in [9.17, 15) is 17.6 Å². The van der Waals surface area contributed by atoms with Gasteiger partial charge in [0.05, 0.1) is 18.0 Å². The first-order valence-electron chi connectivity index (χ1n) is 6.52. The number of aromatic hydroxyl groups is 1. The van der Waals surface area contributed by atoms with E-state index in [1.54, 1.807) is 0 Å². The molecular formula is C13H12B2F4O6. The van der Waals surface area contributed by atoms with Crippen molar-refractivity contribution < 1.29 is 47.5 Å². The lowest BCUT2D eigenvalue weighted by Crippen LogP contribution is -2.34. The number of hydrogen-bond donors (Lipinski definition) is 5. The summed E-state index contributed by atoms with van der Waals surface area (Å²) in [5.41, 5.74) is -1.45. The Morgan fingerprint density at radius 1 is 0.720 bits per heavy atom. The lowest BCUT2D eigenvalue weighted by Gasteiger charge is -2.08. The summed E-state index contributed by atoms with van der Waals surface area (Å²) in [4.78, 5) is 0. The molecule has 25 heavy (non-hydrogen) atoms. The molecule has 0 bridgehead atoms. The van der Waals surface area contributed by atoms with Gasteiger partial charge in [0.1, 0.15) is 11.6 Å². The van der Waals surface area contributed by atoms with Gasteiger partial charge in [0.25, 0.3) is 0 Å². The van der Waals surface area contributed by atoms with Crippen molar-refractivity contribution in [2.75, 3.05) is 7.11 Å². The summed E-state index contributed by atoms with van der Waals surface area (Å²) in [5, 5.41) is 43.2. The number of methoxy groups -OCH3 is 1. The first-order valence-corrected chi connectivity index (χ1v) is 6.52. The van der Waals surface area contributed by atoms with Crippen molar-refractivity contribution in [1.82, 2.24) is 0 Å². The lowest BCUT2D eigenvalue weighted by atomic mass is 9.79. The lowest BCUT2D eigenvalue weighted by molar-refractivity contribution is 0.377. The van der Waals surface area contributed by atoms with E-state index >= 15 is 0 Å². The predicted molar refractivity (Wildman–Crippen MR) is 80.6 cm³/mol. The molecule has 0 atom stereocenters. The Bertz CT molecular complexity index is 745. The molecule has 134 valence electrons. The van der Waals surface area contributed by atoms with E-state index in [1.807, 2.05) is 0 Å². The zero-order valence-corrected chi connectivity index (χ0v) is 12.6. The van der Waals surface area contributed by atoms with E-state index in [-0.39, 0.29) is 0 Å². The maximum atomic E-state index is 12.9. The zero-order valence-electron chi connectivity index (χ0n) is 12.6. The number of phenolic OH excluding ortho intramolecular Hbond substituents is 1. The molecule has 0 saturated heterocycles. The molecule has 0 saturated carbocycles. The zero-order chi connectivity index (χ0) is 19.3. The fourth-order valence-electron chi connectivity index (χ4n) is 1.80. The molecule has 2 aromatic carbocycles. The standard InChI is InChI=1S/C7H7BF2O3.C6H5BF2O3/c1-13-7-5(10)3-2-4(9)6(7)8(11)12;8-3-1-2-4(9)6(10)5(3)7(11)12/h2-3,11-12H,1H3;1-2,10-12H. The molecule has 0 aliphatic heterocycles. The Morgan fingerprint density at radius 3 is 1.48 bits per heavy atom. The van der Waals surface area contributed by atoms with Crippen LogP contribution in [0, 0.1) is 23.3 Å². The molecule has 0 fully saturated rings. The molecule has 2 aromatic rings. The Kier molecular flexibility index (Phi) is 7.24. The van der Waals surface area contributed by atoms with Crippen LogP contribution in [0.1, 0.15) is 0 Å². The first kappa shape index (κ1) is 20.8. The average molecular weight is 362 g/mol. The van der Waals surface area contributed by atoms with E-state index < -0.39 is 59.9 Å². The minimum Gasteiger partial charge on any atom is -0.505 e.